The van der Waals surface area contributed by atoms with Gasteiger partial charge in [-0.1, -0.05) is 0 Å². The topological polar surface area (TPSA) is 114 Å². The van der Waals surface area contributed by atoms with E-state index in [1.54, 1.807) is 0 Å². The Hall–Kier alpha value is -1.19. The Morgan fingerprint density at radius 3 is 1.00 bits per heavy atom. The molecule has 0 aliphatic carbocycles. The number of hydrogen-bond acceptors (Lipinski definition) is 6. The van der Waals surface area contributed by atoms with Crippen LogP contribution < -0.4 is 10.2 Å². The maximum atomic E-state index is 9.83. The summed E-state index contributed by atoms with van der Waals surface area (Å²) in [5, 5.41) is 19.0. The molecule has 0 aromatic heterocycles. The quantitative estimate of drug-likeness (QED) is 0.376. The van der Waals surface area contributed by atoms with Crippen LogP contribution in [0.3, 0.4) is 0 Å². The van der Waals surface area contributed by atoms with Gasteiger partial charge in [-0.15, -0.1) is 0 Å². The van der Waals surface area contributed by atoms with E-state index in [0.717, 1.165) is 0 Å². The van der Waals surface area contributed by atoms with E-state index >= 15 is 0 Å². The Bertz CT molecular complexity index is 198. The predicted octanol–water partition coefficient (Wildman–Crippen LogP) is -2.95. The molecule has 0 aliphatic rings. The normalized spacial score (nSPS) is 7.60. The standard InChI is InChI=1S/2C4H6O3.Al/c2*1-3(5)2-4(6)7;/h2*2H2,1H3,(H,6,7);/q;;+2/p-2. The van der Waals surface area contributed by atoms with Crippen LogP contribution in [0.15, 0.2) is 0 Å². The fourth-order valence-corrected chi connectivity index (χ4v) is 0.407. The van der Waals surface area contributed by atoms with Gasteiger partial charge in [-0.2, -0.15) is 0 Å². The number of carbonyl (C=O) groups is 4. The third-order valence-corrected chi connectivity index (χ3v) is 0.787. The van der Waals surface area contributed by atoms with Crippen LogP contribution in [-0.4, -0.2) is 40.9 Å². The molecule has 0 spiro atoms. The third-order valence-electron chi connectivity index (χ3n) is 0.787. The van der Waals surface area contributed by atoms with Crippen LogP contribution in [0.1, 0.15) is 26.7 Å². The number of carbonyl (C=O) groups excluding carboxylic acids is 4. The van der Waals surface area contributed by atoms with Gasteiger partial charge in [0.2, 0.25) is 0 Å². The van der Waals surface area contributed by atoms with Gasteiger partial charge in [-0.3, -0.25) is 9.59 Å². The smallest absolute Gasteiger partial charge is 0.550 e. The van der Waals surface area contributed by atoms with E-state index < -0.39 is 24.8 Å². The summed E-state index contributed by atoms with van der Waals surface area (Å²) < 4.78 is 0. The molecule has 0 saturated carbocycles. The molecular formula is C8H10AlO6. The van der Waals surface area contributed by atoms with Crippen LogP contribution in [0.2, 0.25) is 0 Å². The number of carboxylic acids is 2. The van der Waals surface area contributed by atoms with Crippen molar-refractivity contribution in [1.82, 2.24) is 0 Å². The Balaban J connectivity index is -0.000000180. The summed E-state index contributed by atoms with van der Waals surface area (Å²) in [6.07, 6.45) is -0.944. The van der Waals surface area contributed by atoms with E-state index in [1.807, 2.05) is 0 Å². The van der Waals surface area contributed by atoms with Crippen molar-refractivity contribution in [3.8, 4) is 0 Å². The third kappa shape index (κ3) is 32.3. The minimum Gasteiger partial charge on any atom is -0.550 e. The van der Waals surface area contributed by atoms with Gasteiger partial charge in [0.05, 0.1) is 0 Å². The van der Waals surface area contributed by atoms with E-state index in [1.165, 1.54) is 13.8 Å². The molecule has 0 fully saturated rings. The Labute approximate surface area is 97.4 Å². The second-order valence-corrected chi connectivity index (χ2v) is 2.50. The van der Waals surface area contributed by atoms with E-state index in [-0.39, 0.29) is 28.9 Å². The molecule has 0 atom stereocenters. The van der Waals surface area contributed by atoms with Gasteiger partial charge < -0.3 is 19.8 Å². The summed E-state index contributed by atoms with van der Waals surface area (Å²) >= 11 is 0. The van der Waals surface area contributed by atoms with Gasteiger partial charge >= 0.3 is 17.4 Å². The van der Waals surface area contributed by atoms with Gasteiger partial charge in [-0.05, 0) is 13.8 Å². The largest absolute Gasteiger partial charge is 2.00 e. The number of hydrogen-bond donors (Lipinski definition) is 0. The molecule has 0 aliphatic heterocycles. The summed E-state index contributed by atoms with van der Waals surface area (Å²) in [4.78, 5) is 38.6. The first-order chi connectivity index (χ1) is 6.25. The zero-order valence-corrected chi connectivity index (χ0v) is 9.60. The van der Waals surface area contributed by atoms with Crippen molar-refractivity contribution in [2.24, 2.45) is 0 Å². The Kier molecular flexibility index (Phi) is 14.1. The van der Waals surface area contributed by atoms with Crippen molar-refractivity contribution < 1.29 is 29.4 Å². The monoisotopic (exact) mass is 229 g/mol. The molecule has 81 valence electrons. The average Bonchev–Trinajstić information content (AvgIpc) is 1.79. The molecule has 6 nitrogen and oxygen atoms in total. The number of aliphatic carboxylic acids is 2. The molecule has 0 aromatic rings. The minimum absolute atomic E-state index is 0. The van der Waals surface area contributed by atoms with Crippen molar-refractivity contribution in [3.05, 3.63) is 0 Å². The molecule has 7 heteroatoms. The van der Waals surface area contributed by atoms with Crippen molar-refractivity contribution in [2.45, 2.75) is 26.7 Å². The number of ketones is 2. The van der Waals surface area contributed by atoms with E-state index in [4.69, 9.17) is 0 Å². The van der Waals surface area contributed by atoms with Crippen LogP contribution in [0.25, 0.3) is 0 Å². The number of rotatable bonds is 4. The van der Waals surface area contributed by atoms with Crippen molar-refractivity contribution >= 4 is 40.9 Å². The van der Waals surface area contributed by atoms with Crippen molar-refractivity contribution in [3.63, 3.8) is 0 Å². The van der Waals surface area contributed by atoms with Crippen molar-refractivity contribution in [1.29, 1.82) is 0 Å². The van der Waals surface area contributed by atoms with Gasteiger partial charge in [0.15, 0.2) is 0 Å². The number of carboxylic acid groups (broad SMARTS) is 2. The molecule has 0 unspecified atom stereocenters. The summed E-state index contributed by atoms with van der Waals surface area (Å²) in [5.41, 5.74) is 0. The van der Waals surface area contributed by atoms with Crippen LogP contribution in [0.5, 0.6) is 0 Å². The summed E-state index contributed by atoms with van der Waals surface area (Å²) in [5.74, 6) is -3.37. The molecule has 1 radical (unpaired) electrons. The summed E-state index contributed by atoms with van der Waals surface area (Å²) in [7, 11) is 0. The SMILES string of the molecule is CC(=O)CC(=O)[O-].CC(=O)CC(=O)[O-].[Al+2]. The maximum Gasteiger partial charge on any atom is 2.00 e. The van der Waals surface area contributed by atoms with Gasteiger partial charge in [0.1, 0.15) is 11.6 Å². The van der Waals surface area contributed by atoms with Gasteiger partial charge in [-0.25, -0.2) is 0 Å². The first kappa shape index (κ1) is 19.4. The van der Waals surface area contributed by atoms with Crippen molar-refractivity contribution in [2.75, 3.05) is 0 Å². The second-order valence-electron chi connectivity index (χ2n) is 2.50. The molecule has 0 bridgehead atoms. The number of Topliss-reactive ketones (excluding diaryl/α,β-unsaturated/α-hetero) is 2. The van der Waals surface area contributed by atoms with E-state index in [0.29, 0.717) is 0 Å². The average molecular weight is 229 g/mol. The van der Waals surface area contributed by atoms with Gasteiger partial charge in [0.25, 0.3) is 0 Å². The molecule has 0 N–H and O–H groups in total. The Morgan fingerprint density at radius 1 is 0.800 bits per heavy atom. The Morgan fingerprint density at radius 2 is 1.00 bits per heavy atom. The van der Waals surface area contributed by atoms with E-state index in [2.05, 4.69) is 0 Å². The fraction of sp³-hybridized carbons (Fsp3) is 0.500. The molecule has 0 aromatic carbocycles. The summed E-state index contributed by atoms with van der Waals surface area (Å²) in [6.45, 7) is 2.41. The van der Waals surface area contributed by atoms with Gasteiger partial charge in [0, 0.05) is 24.8 Å². The first-order valence-corrected chi connectivity index (χ1v) is 3.64. The molecule has 15 heavy (non-hydrogen) atoms. The summed E-state index contributed by atoms with van der Waals surface area (Å²) in [6, 6.07) is 0. The minimum atomic E-state index is -1.31. The molecule has 0 rings (SSSR count). The second kappa shape index (κ2) is 10.9. The molecule has 0 amide bonds. The van der Waals surface area contributed by atoms with Crippen LogP contribution in [-0.2, 0) is 19.2 Å². The van der Waals surface area contributed by atoms with Crippen LogP contribution in [0.4, 0.5) is 0 Å². The molecule has 0 heterocycles. The van der Waals surface area contributed by atoms with Crippen LogP contribution >= 0.6 is 0 Å². The molecular weight excluding hydrogens is 219 g/mol. The molecule has 0 saturated heterocycles. The van der Waals surface area contributed by atoms with E-state index in [9.17, 15) is 29.4 Å². The zero-order valence-electron chi connectivity index (χ0n) is 8.44. The maximum absolute atomic E-state index is 9.83. The predicted molar refractivity (Wildman–Crippen MR) is 46.4 cm³/mol. The van der Waals surface area contributed by atoms with Crippen LogP contribution in [0, 0.1) is 0 Å². The zero-order chi connectivity index (χ0) is 11.7. The first-order valence-electron chi connectivity index (χ1n) is 3.64. The fourth-order valence-electron chi connectivity index (χ4n) is 0.407.